The fraction of sp³-hybridized carbons (Fsp3) is 0.231. The average molecular weight is 222 g/mol. The quantitative estimate of drug-likeness (QED) is 0.740. The summed E-state index contributed by atoms with van der Waals surface area (Å²) in [6.07, 6.45) is 8.55. The van der Waals surface area contributed by atoms with Crippen LogP contribution in [0.4, 0.5) is 0 Å². The molecule has 1 unspecified atom stereocenters. The lowest BCUT2D eigenvalue weighted by Gasteiger charge is -2.27. The SMILES string of the molecule is CC1C=CC=CN1Cc1ccccc1.Cl. The zero-order valence-corrected chi connectivity index (χ0v) is 9.65. The summed E-state index contributed by atoms with van der Waals surface area (Å²) >= 11 is 0. The summed E-state index contributed by atoms with van der Waals surface area (Å²) in [5.74, 6) is 0. The molecule has 0 aromatic heterocycles. The van der Waals surface area contributed by atoms with Gasteiger partial charge < -0.3 is 4.90 Å². The Hall–Kier alpha value is -1.21. The van der Waals surface area contributed by atoms with Crippen LogP contribution in [0.15, 0.2) is 54.8 Å². The minimum absolute atomic E-state index is 0. The summed E-state index contributed by atoms with van der Waals surface area (Å²) in [6.45, 7) is 3.20. The lowest BCUT2D eigenvalue weighted by atomic mass is 10.1. The van der Waals surface area contributed by atoms with Gasteiger partial charge in [-0.15, -0.1) is 12.4 Å². The molecule has 1 nitrogen and oxygen atoms in total. The van der Waals surface area contributed by atoms with E-state index in [1.54, 1.807) is 0 Å². The maximum atomic E-state index is 2.33. The number of allylic oxidation sites excluding steroid dienone is 2. The van der Waals surface area contributed by atoms with Gasteiger partial charge in [0.2, 0.25) is 0 Å². The van der Waals surface area contributed by atoms with E-state index in [1.807, 2.05) is 0 Å². The van der Waals surface area contributed by atoms with Crippen LogP contribution >= 0.6 is 12.4 Å². The average Bonchev–Trinajstić information content (AvgIpc) is 2.23. The molecular formula is C13H16ClN. The molecule has 0 fully saturated rings. The van der Waals surface area contributed by atoms with Gasteiger partial charge >= 0.3 is 0 Å². The van der Waals surface area contributed by atoms with Crippen molar-refractivity contribution in [1.82, 2.24) is 4.90 Å². The Kier molecular flexibility index (Phi) is 4.44. The first-order chi connectivity index (χ1) is 6.86. The minimum atomic E-state index is 0. The highest BCUT2D eigenvalue weighted by molar-refractivity contribution is 5.85. The topological polar surface area (TPSA) is 3.24 Å². The number of hydrogen-bond donors (Lipinski definition) is 0. The van der Waals surface area contributed by atoms with Gasteiger partial charge in [0.05, 0.1) is 0 Å². The van der Waals surface area contributed by atoms with Crippen molar-refractivity contribution in [3.05, 3.63) is 60.3 Å². The Balaban J connectivity index is 0.00000112. The van der Waals surface area contributed by atoms with Gasteiger partial charge in [0.1, 0.15) is 0 Å². The highest BCUT2D eigenvalue weighted by Crippen LogP contribution is 2.12. The molecule has 1 aliphatic heterocycles. The van der Waals surface area contributed by atoms with E-state index in [0.717, 1.165) is 6.54 Å². The van der Waals surface area contributed by atoms with Gasteiger partial charge in [0.25, 0.3) is 0 Å². The minimum Gasteiger partial charge on any atom is -0.367 e. The number of hydrogen-bond acceptors (Lipinski definition) is 1. The molecule has 80 valence electrons. The van der Waals surface area contributed by atoms with Gasteiger partial charge in [-0.1, -0.05) is 42.5 Å². The normalized spacial score (nSPS) is 18.7. The van der Waals surface area contributed by atoms with Gasteiger partial charge in [0, 0.05) is 12.6 Å². The monoisotopic (exact) mass is 221 g/mol. The lowest BCUT2D eigenvalue weighted by molar-refractivity contribution is 0.325. The second kappa shape index (κ2) is 5.62. The summed E-state index contributed by atoms with van der Waals surface area (Å²) in [6, 6.07) is 11.1. The molecule has 0 N–H and O–H groups in total. The first-order valence-electron chi connectivity index (χ1n) is 5.01. The van der Waals surface area contributed by atoms with Crippen molar-refractivity contribution in [2.24, 2.45) is 0 Å². The number of rotatable bonds is 2. The van der Waals surface area contributed by atoms with Crippen LogP contribution in [0, 0.1) is 0 Å². The van der Waals surface area contributed by atoms with Crippen LogP contribution < -0.4 is 0 Å². The lowest BCUT2D eigenvalue weighted by Crippen LogP contribution is -2.27. The van der Waals surface area contributed by atoms with Crippen LogP contribution in [-0.4, -0.2) is 10.9 Å². The van der Waals surface area contributed by atoms with E-state index in [-0.39, 0.29) is 12.4 Å². The highest BCUT2D eigenvalue weighted by atomic mass is 35.5. The Morgan fingerprint density at radius 1 is 1.13 bits per heavy atom. The van der Waals surface area contributed by atoms with Crippen LogP contribution in [0.5, 0.6) is 0 Å². The maximum Gasteiger partial charge on any atom is 0.0446 e. The molecule has 1 atom stereocenters. The van der Waals surface area contributed by atoms with Crippen molar-refractivity contribution in [3.63, 3.8) is 0 Å². The molecule has 1 heterocycles. The van der Waals surface area contributed by atoms with Gasteiger partial charge in [0.15, 0.2) is 0 Å². The Bertz CT molecular complexity index is 343. The van der Waals surface area contributed by atoms with Gasteiger partial charge in [-0.05, 0) is 24.8 Å². The molecule has 15 heavy (non-hydrogen) atoms. The molecule has 1 aliphatic rings. The summed E-state index contributed by atoms with van der Waals surface area (Å²) in [5.41, 5.74) is 1.36. The van der Waals surface area contributed by atoms with E-state index in [1.165, 1.54) is 5.56 Å². The van der Waals surface area contributed by atoms with E-state index < -0.39 is 0 Å². The Morgan fingerprint density at radius 3 is 2.53 bits per heavy atom. The first-order valence-corrected chi connectivity index (χ1v) is 5.01. The first kappa shape index (κ1) is 11.9. The Morgan fingerprint density at radius 2 is 1.87 bits per heavy atom. The molecule has 0 spiro atoms. The summed E-state index contributed by atoms with van der Waals surface area (Å²) in [4.78, 5) is 2.33. The van der Waals surface area contributed by atoms with Gasteiger partial charge in [-0.3, -0.25) is 0 Å². The van der Waals surface area contributed by atoms with Crippen molar-refractivity contribution >= 4 is 12.4 Å². The van der Waals surface area contributed by atoms with Crippen LogP contribution in [0.3, 0.4) is 0 Å². The number of benzene rings is 1. The van der Waals surface area contributed by atoms with Crippen LogP contribution in [0.2, 0.25) is 0 Å². The van der Waals surface area contributed by atoms with Gasteiger partial charge in [-0.25, -0.2) is 0 Å². The van der Waals surface area contributed by atoms with Crippen LogP contribution in [0.1, 0.15) is 12.5 Å². The predicted octanol–water partition coefficient (Wildman–Crippen LogP) is 3.38. The molecule has 1 aromatic carbocycles. The predicted molar refractivity (Wildman–Crippen MR) is 67.0 cm³/mol. The molecule has 0 radical (unpaired) electrons. The molecule has 0 saturated heterocycles. The van der Waals surface area contributed by atoms with E-state index in [0.29, 0.717) is 6.04 Å². The third kappa shape index (κ3) is 3.14. The smallest absolute Gasteiger partial charge is 0.0446 e. The molecule has 1 aromatic rings. The van der Waals surface area contributed by atoms with E-state index >= 15 is 0 Å². The fourth-order valence-corrected chi connectivity index (χ4v) is 1.62. The van der Waals surface area contributed by atoms with Crippen LogP contribution in [-0.2, 0) is 6.54 Å². The van der Waals surface area contributed by atoms with Crippen molar-refractivity contribution in [3.8, 4) is 0 Å². The fourth-order valence-electron chi connectivity index (χ4n) is 1.62. The second-order valence-electron chi connectivity index (χ2n) is 3.62. The van der Waals surface area contributed by atoms with E-state index in [2.05, 4.69) is 66.6 Å². The third-order valence-electron chi connectivity index (χ3n) is 2.51. The van der Waals surface area contributed by atoms with Gasteiger partial charge in [-0.2, -0.15) is 0 Å². The number of halogens is 1. The number of nitrogens with zero attached hydrogens (tertiary/aromatic N) is 1. The molecule has 0 amide bonds. The maximum absolute atomic E-state index is 2.33. The third-order valence-corrected chi connectivity index (χ3v) is 2.51. The summed E-state index contributed by atoms with van der Waals surface area (Å²) in [5, 5.41) is 0. The molecule has 0 bridgehead atoms. The molecule has 0 aliphatic carbocycles. The van der Waals surface area contributed by atoms with E-state index in [4.69, 9.17) is 0 Å². The van der Waals surface area contributed by atoms with Crippen LogP contribution in [0.25, 0.3) is 0 Å². The summed E-state index contributed by atoms with van der Waals surface area (Å²) < 4.78 is 0. The highest BCUT2D eigenvalue weighted by Gasteiger charge is 2.08. The molecule has 0 saturated carbocycles. The van der Waals surface area contributed by atoms with Crippen molar-refractivity contribution < 1.29 is 0 Å². The van der Waals surface area contributed by atoms with Crippen molar-refractivity contribution in [2.45, 2.75) is 19.5 Å². The standard InChI is InChI=1S/C13H15N.ClH/c1-12-7-5-6-10-14(12)11-13-8-3-2-4-9-13;/h2-10,12H,11H2,1H3;1H. The molecule has 2 rings (SSSR count). The zero-order chi connectivity index (χ0) is 9.80. The molecule has 2 heteroatoms. The Labute approximate surface area is 97.5 Å². The van der Waals surface area contributed by atoms with E-state index in [9.17, 15) is 0 Å². The molecular weight excluding hydrogens is 206 g/mol. The van der Waals surface area contributed by atoms with Crippen molar-refractivity contribution in [1.29, 1.82) is 0 Å². The van der Waals surface area contributed by atoms with Crippen molar-refractivity contribution in [2.75, 3.05) is 0 Å². The largest absolute Gasteiger partial charge is 0.367 e. The summed E-state index contributed by atoms with van der Waals surface area (Å²) in [7, 11) is 0. The zero-order valence-electron chi connectivity index (χ0n) is 8.84. The second-order valence-corrected chi connectivity index (χ2v) is 3.62.